The number of terminal acetylenes is 1. The Bertz CT molecular complexity index is 384. The summed E-state index contributed by atoms with van der Waals surface area (Å²) < 4.78 is 0. The van der Waals surface area contributed by atoms with E-state index in [1.807, 2.05) is 19.1 Å². The molecule has 0 aliphatic rings. The van der Waals surface area contributed by atoms with Crippen LogP contribution in [0, 0.1) is 23.7 Å². The Kier molecular flexibility index (Phi) is 3.67. The predicted molar refractivity (Wildman–Crippen MR) is 54.1 cm³/mol. The maximum Gasteiger partial charge on any atom is 0.144 e. The van der Waals surface area contributed by atoms with Gasteiger partial charge >= 0.3 is 0 Å². The van der Waals surface area contributed by atoms with Crippen molar-refractivity contribution in [1.29, 1.82) is 5.26 Å². The Morgan fingerprint density at radius 3 is 3.14 bits per heavy atom. The Morgan fingerprint density at radius 2 is 2.50 bits per heavy atom. The van der Waals surface area contributed by atoms with Gasteiger partial charge in [-0.15, -0.1) is 6.42 Å². The minimum atomic E-state index is 0.00162. The molecule has 1 unspecified atom stereocenters. The van der Waals surface area contributed by atoms with Crippen LogP contribution >= 0.6 is 0 Å². The summed E-state index contributed by atoms with van der Waals surface area (Å²) in [6.45, 7) is 2.46. The highest BCUT2D eigenvalue weighted by Crippen LogP contribution is 2.03. The van der Waals surface area contributed by atoms with E-state index in [-0.39, 0.29) is 6.04 Å². The van der Waals surface area contributed by atoms with Gasteiger partial charge in [-0.25, -0.2) is 4.98 Å². The molecule has 0 amide bonds. The van der Waals surface area contributed by atoms with E-state index in [0.717, 1.165) is 5.56 Å². The van der Waals surface area contributed by atoms with E-state index in [0.29, 0.717) is 12.2 Å². The number of aromatic nitrogens is 1. The summed E-state index contributed by atoms with van der Waals surface area (Å²) in [5.74, 6) is 2.56. The first kappa shape index (κ1) is 10.2. The van der Waals surface area contributed by atoms with Crippen molar-refractivity contribution in [2.75, 3.05) is 0 Å². The van der Waals surface area contributed by atoms with Crippen LogP contribution in [0.25, 0.3) is 0 Å². The van der Waals surface area contributed by atoms with Gasteiger partial charge in [-0.05, 0) is 13.0 Å². The van der Waals surface area contributed by atoms with Gasteiger partial charge in [-0.3, -0.25) is 5.32 Å². The highest BCUT2D eigenvalue weighted by molar-refractivity contribution is 5.30. The van der Waals surface area contributed by atoms with Crippen molar-refractivity contribution in [2.24, 2.45) is 0 Å². The molecule has 1 N–H and O–H groups in total. The van der Waals surface area contributed by atoms with Crippen LogP contribution in [-0.4, -0.2) is 11.0 Å². The lowest BCUT2D eigenvalue weighted by atomic mass is 10.2. The largest absolute Gasteiger partial charge is 0.300 e. The summed E-state index contributed by atoms with van der Waals surface area (Å²) in [6, 6.07) is 5.70. The number of pyridine rings is 1. The number of hydrogen-bond acceptors (Lipinski definition) is 3. The minimum absolute atomic E-state index is 0.00162. The predicted octanol–water partition coefficient (Wildman–Crippen LogP) is 1.06. The number of nitrogens with zero attached hydrogens (tertiary/aromatic N) is 2. The summed E-state index contributed by atoms with van der Waals surface area (Å²) in [7, 11) is 0. The molecule has 0 aromatic carbocycles. The highest BCUT2D eigenvalue weighted by atomic mass is 14.9. The van der Waals surface area contributed by atoms with Crippen LogP contribution in [0.3, 0.4) is 0 Å². The maximum absolute atomic E-state index is 8.76. The van der Waals surface area contributed by atoms with Gasteiger partial charge in [0.25, 0.3) is 0 Å². The van der Waals surface area contributed by atoms with Gasteiger partial charge in [0, 0.05) is 18.3 Å². The fraction of sp³-hybridized carbons (Fsp3) is 0.273. The van der Waals surface area contributed by atoms with Gasteiger partial charge in [0.15, 0.2) is 0 Å². The van der Waals surface area contributed by atoms with Crippen molar-refractivity contribution >= 4 is 0 Å². The molecule has 0 aliphatic heterocycles. The summed E-state index contributed by atoms with van der Waals surface area (Å²) in [6.07, 6.45) is 6.82. The Labute approximate surface area is 83.8 Å². The first-order chi connectivity index (χ1) is 6.77. The quantitative estimate of drug-likeness (QED) is 0.716. The lowest BCUT2D eigenvalue weighted by molar-refractivity contribution is 0.645. The lowest BCUT2D eigenvalue weighted by Gasteiger charge is -2.07. The minimum Gasteiger partial charge on any atom is -0.300 e. The average Bonchev–Trinajstić information content (AvgIpc) is 2.26. The van der Waals surface area contributed by atoms with Crippen LogP contribution < -0.4 is 5.32 Å². The second kappa shape index (κ2) is 5.01. The van der Waals surface area contributed by atoms with Crippen molar-refractivity contribution < 1.29 is 0 Å². The topological polar surface area (TPSA) is 48.7 Å². The van der Waals surface area contributed by atoms with E-state index in [9.17, 15) is 0 Å². The van der Waals surface area contributed by atoms with Crippen molar-refractivity contribution in [1.82, 2.24) is 10.3 Å². The normalized spacial score (nSPS) is 11.4. The molecule has 0 saturated heterocycles. The molecule has 3 heteroatoms. The second-order valence-corrected chi connectivity index (χ2v) is 2.89. The fourth-order valence-corrected chi connectivity index (χ4v) is 1.00. The van der Waals surface area contributed by atoms with Crippen LogP contribution in [0.2, 0.25) is 0 Å². The third-order valence-electron chi connectivity index (χ3n) is 1.85. The van der Waals surface area contributed by atoms with Crippen molar-refractivity contribution in [3.05, 3.63) is 29.6 Å². The lowest BCUT2D eigenvalue weighted by Crippen LogP contribution is -2.24. The van der Waals surface area contributed by atoms with Gasteiger partial charge in [0.05, 0.1) is 6.04 Å². The van der Waals surface area contributed by atoms with E-state index in [2.05, 4.69) is 16.2 Å². The zero-order valence-corrected chi connectivity index (χ0v) is 7.99. The molecule has 70 valence electrons. The molecular formula is C11H11N3. The van der Waals surface area contributed by atoms with E-state index < -0.39 is 0 Å². The van der Waals surface area contributed by atoms with Crippen molar-refractivity contribution in [2.45, 2.75) is 19.5 Å². The molecule has 1 heterocycles. The van der Waals surface area contributed by atoms with Gasteiger partial charge in [-0.1, -0.05) is 12.0 Å². The molecule has 0 bridgehead atoms. The molecule has 1 aromatic heterocycles. The van der Waals surface area contributed by atoms with Gasteiger partial charge in [0.2, 0.25) is 0 Å². The molecule has 0 radical (unpaired) electrons. The monoisotopic (exact) mass is 185 g/mol. The Balaban J connectivity index is 2.69. The first-order valence-electron chi connectivity index (χ1n) is 4.31. The molecule has 0 aliphatic carbocycles. The molecule has 1 rings (SSSR count). The molecule has 0 fully saturated rings. The molecule has 1 atom stereocenters. The zero-order valence-electron chi connectivity index (χ0n) is 7.99. The smallest absolute Gasteiger partial charge is 0.144 e. The number of hydrogen-bond donors (Lipinski definition) is 1. The van der Waals surface area contributed by atoms with E-state index in [1.54, 1.807) is 12.3 Å². The van der Waals surface area contributed by atoms with Crippen LogP contribution in [0.4, 0.5) is 0 Å². The fourth-order valence-electron chi connectivity index (χ4n) is 1.00. The van der Waals surface area contributed by atoms with Crippen molar-refractivity contribution in [3.63, 3.8) is 0 Å². The summed E-state index contributed by atoms with van der Waals surface area (Å²) >= 11 is 0. The first-order valence-corrected chi connectivity index (χ1v) is 4.31. The van der Waals surface area contributed by atoms with Crippen LogP contribution in [0.5, 0.6) is 0 Å². The summed E-state index contributed by atoms with van der Waals surface area (Å²) in [4.78, 5) is 3.95. The standard InChI is InChI=1S/C11H11N3/c1-3-9(2)14-8-10-5-4-6-13-11(10)7-12/h1,4-6,9,14H,8H2,2H3. The van der Waals surface area contributed by atoms with Crippen LogP contribution in [0.15, 0.2) is 18.3 Å². The van der Waals surface area contributed by atoms with Crippen molar-refractivity contribution in [3.8, 4) is 18.4 Å². The number of nitriles is 1. The third-order valence-corrected chi connectivity index (χ3v) is 1.85. The van der Waals surface area contributed by atoms with Gasteiger partial charge in [0.1, 0.15) is 11.8 Å². The molecule has 0 spiro atoms. The van der Waals surface area contributed by atoms with E-state index in [1.165, 1.54) is 0 Å². The Hall–Kier alpha value is -1.84. The molecular weight excluding hydrogens is 174 g/mol. The summed E-state index contributed by atoms with van der Waals surface area (Å²) in [5, 5.41) is 11.9. The van der Waals surface area contributed by atoms with Gasteiger partial charge in [-0.2, -0.15) is 5.26 Å². The third kappa shape index (κ3) is 2.58. The number of rotatable bonds is 3. The zero-order chi connectivity index (χ0) is 10.4. The molecule has 14 heavy (non-hydrogen) atoms. The maximum atomic E-state index is 8.76. The number of nitrogens with one attached hydrogen (secondary N) is 1. The molecule has 1 aromatic rings. The molecule has 3 nitrogen and oxygen atoms in total. The SMILES string of the molecule is C#CC(C)NCc1cccnc1C#N. The highest BCUT2D eigenvalue weighted by Gasteiger charge is 2.02. The molecule has 0 saturated carbocycles. The van der Waals surface area contributed by atoms with Gasteiger partial charge < -0.3 is 0 Å². The van der Waals surface area contributed by atoms with E-state index in [4.69, 9.17) is 11.7 Å². The van der Waals surface area contributed by atoms with Crippen LogP contribution in [-0.2, 0) is 6.54 Å². The average molecular weight is 185 g/mol. The Morgan fingerprint density at radius 1 is 1.71 bits per heavy atom. The van der Waals surface area contributed by atoms with E-state index >= 15 is 0 Å². The van der Waals surface area contributed by atoms with Crippen LogP contribution in [0.1, 0.15) is 18.2 Å². The summed E-state index contributed by atoms with van der Waals surface area (Å²) in [5.41, 5.74) is 1.32. The second-order valence-electron chi connectivity index (χ2n) is 2.89.